The van der Waals surface area contributed by atoms with E-state index in [1.165, 1.54) is 51.6 Å². The molecule has 0 amide bonds. The fourth-order valence-electron chi connectivity index (χ4n) is 7.94. The van der Waals surface area contributed by atoms with Gasteiger partial charge in [-0.1, -0.05) is 118 Å². The van der Waals surface area contributed by atoms with Crippen LogP contribution in [-0.2, 0) is 20.4 Å². The molecule has 1 unspecified atom stereocenters. The Labute approximate surface area is 233 Å². The molecule has 2 aliphatic rings. The molecule has 4 aromatic rings. The number of ether oxygens (including phenoxy) is 1. The molecular weight excluding hydrogens is 476 g/mol. The van der Waals surface area contributed by atoms with Gasteiger partial charge in [-0.2, -0.15) is 0 Å². The van der Waals surface area contributed by atoms with E-state index in [4.69, 9.17) is 4.74 Å². The van der Waals surface area contributed by atoms with Crippen molar-refractivity contribution in [2.75, 3.05) is 7.11 Å². The second-order valence-electron chi connectivity index (χ2n) is 12.1. The highest BCUT2D eigenvalue weighted by molar-refractivity contribution is 5.83. The molecule has 39 heavy (non-hydrogen) atoms. The van der Waals surface area contributed by atoms with Gasteiger partial charge >= 0.3 is 5.97 Å². The quantitative estimate of drug-likeness (QED) is 0.219. The molecule has 0 saturated carbocycles. The smallest absolute Gasteiger partial charge is 0.308 e. The van der Waals surface area contributed by atoms with Crippen LogP contribution in [0.15, 0.2) is 97.1 Å². The molecule has 1 atom stereocenters. The lowest BCUT2D eigenvalue weighted by atomic mass is 9.63. The number of carbonyl (C=O) groups excluding carboxylic acids is 1. The summed E-state index contributed by atoms with van der Waals surface area (Å²) in [7, 11) is 1.51. The van der Waals surface area contributed by atoms with E-state index in [1.807, 2.05) is 6.92 Å². The van der Waals surface area contributed by atoms with Crippen LogP contribution in [0.3, 0.4) is 0 Å². The molecule has 2 nitrogen and oxygen atoms in total. The van der Waals surface area contributed by atoms with Gasteiger partial charge in [-0.3, -0.25) is 4.79 Å². The minimum atomic E-state index is -0.267. The van der Waals surface area contributed by atoms with Gasteiger partial charge in [0.15, 0.2) is 0 Å². The molecule has 0 radical (unpaired) electrons. The van der Waals surface area contributed by atoms with Gasteiger partial charge in [0.1, 0.15) is 0 Å². The monoisotopic (exact) mass is 514 g/mol. The summed E-state index contributed by atoms with van der Waals surface area (Å²) in [6, 6.07) is 35.8. The number of fused-ring (bicyclic) bond motifs is 6. The topological polar surface area (TPSA) is 26.3 Å². The molecule has 2 heteroatoms. The Kier molecular flexibility index (Phi) is 6.46. The summed E-state index contributed by atoms with van der Waals surface area (Å²) in [5.74, 6) is 0.195. The van der Waals surface area contributed by atoms with E-state index < -0.39 is 0 Å². The van der Waals surface area contributed by atoms with Crippen LogP contribution in [0.2, 0.25) is 0 Å². The summed E-state index contributed by atoms with van der Waals surface area (Å²) in [4.78, 5) is 12.8. The number of hydrogen-bond acceptors (Lipinski definition) is 2. The van der Waals surface area contributed by atoms with E-state index in [0.717, 1.165) is 25.7 Å². The Morgan fingerprint density at radius 1 is 0.590 bits per heavy atom. The van der Waals surface area contributed by atoms with Crippen LogP contribution in [0.25, 0.3) is 22.3 Å². The first-order chi connectivity index (χ1) is 18.9. The van der Waals surface area contributed by atoms with E-state index in [9.17, 15) is 4.79 Å². The number of benzene rings is 4. The standard InChI is InChI=1S/C37H38O2/c1-25(2)23-36(31-17-9-5-13-27(31)28-14-6-10-18-32(28)36)21-22-37(24-26(3)35(38)39-4)33-19-11-7-15-29(33)30-16-8-12-20-34(30)37/h5-20,25-26H,21-24H2,1-4H3. The molecule has 0 aromatic heterocycles. The Bertz CT molecular complexity index is 1440. The van der Waals surface area contributed by atoms with Crippen LogP contribution < -0.4 is 0 Å². The summed E-state index contributed by atoms with van der Waals surface area (Å²) in [5, 5.41) is 0. The first kappa shape index (κ1) is 25.6. The minimum absolute atomic E-state index is 0.0741. The number of methoxy groups -OCH3 is 1. The third-order valence-corrected chi connectivity index (χ3v) is 9.34. The third-order valence-electron chi connectivity index (χ3n) is 9.34. The highest BCUT2D eigenvalue weighted by Crippen LogP contribution is 2.59. The Morgan fingerprint density at radius 3 is 1.26 bits per heavy atom. The fraction of sp³-hybridized carbons (Fsp3) is 0.324. The molecule has 2 aliphatic carbocycles. The van der Waals surface area contributed by atoms with Crippen molar-refractivity contribution in [3.8, 4) is 22.3 Å². The molecular formula is C37H38O2. The van der Waals surface area contributed by atoms with Crippen molar-refractivity contribution in [3.05, 3.63) is 119 Å². The lowest BCUT2D eigenvalue weighted by Gasteiger charge is -2.40. The predicted octanol–water partition coefficient (Wildman–Crippen LogP) is 8.95. The van der Waals surface area contributed by atoms with Gasteiger partial charge in [0, 0.05) is 10.8 Å². The Balaban J connectivity index is 1.53. The van der Waals surface area contributed by atoms with Crippen molar-refractivity contribution < 1.29 is 9.53 Å². The largest absolute Gasteiger partial charge is 0.469 e. The SMILES string of the molecule is COC(=O)C(C)CC1(CCC2(CC(C)C)c3ccccc3-c3ccccc32)c2ccccc2-c2ccccc21. The van der Waals surface area contributed by atoms with Gasteiger partial charge in [-0.25, -0.2) is 0 Å². The number of carbonyl (C=O) groups is 1. The zero-order valence-corrected chi connectivity index (χ0v) is 23.5. The van der Waals surface area contributed by atoms with Crippen LogP contribution in [0.5, 0.6) is 0 Å². The van der Waals surface area contributed by atoms with Crippen LogP contribution >= 0.6 is 0 Å². The second-order valence-corrected chi connectivity index (χ2v) is 12.1. The normalized spacial score (nSPS) is 16.2. The predicted molar refractivity (Wildman–Crippen MR) is 160 cm³/mol. The van der Waals surface area contributed by atoms with Gasteiger partial charge < -0.3 is 4.74 Å². The third kappa shape index (κ3) is 3.95. The summed E-state index contributed by atoms with van der Waals surface area (Å²) >= 11 is 0. The van der Waals surface area contributed by atoms with E-state index in [-0.39, 0.29) is 22.7 Å². The van der Waals surface area contributed by atoms with Gasteiger partial charge in [0.2, 0.25) is 0 Å². The molecule has 0 saturated heterocycles. The summed E-state index contributed by atoms with van der Waals surface area (Å²) < 4.78 is 5.25. The summed E-state index contributed by atoms with van der Waals surface area (Å²) in [5.41, 5.74) is 10.6. The van der Waals surface area contributed by atoms with Gasteiger partial charge in [0.25, 0.3) is 0 Å². The Morgan fingerprint density at radius 2 is 0.923 bits per heavy atom. The molecule has 0 fully saturated rings. The van der Waals surface area contributed by atoms with Crippen molar-refractivity contribution in [2.45, 2.75) is 57.3 Å². The van der Waals surface area contributed by atoms with Crippen molar-refractivity contribution in [2.24, 2.45) is 11.8 Å². The lowest BCUT2D eigenvalue weighted by Crippen LogP contribution is -2.35. The first-order valence-electron chi connectivity index (χ1n) is 14.4. The van der Waals surface area contributed by atoms with E-state index >= 15 is 0 Å². The van der Waals surface area contributed by atoms with Crippen LogP contribution in [0.4, 0.5) is 0 Å². The minimum Gasteiger partial charge on any atom is -0.469 e. The molecule has 0 bridgehead atoms. The maximum atomic E-state index is 12.8. The van der Waals surface area contributed by atoms with Crippen LogP contribution in [0, 0.1) is 11.8 Å². The van der Waals surface area contributed by atoms with Crippen LogP contribution in [-0.4, -0.2) is 13.1 Å². The van der Waals surface area contributed by atoms with Crippen molar-refractivity contribution in [3.63, 3.8) is 0 Å². The second kappa shape index (κ2) is 9.83. The molecule has 198 valence electrons. The van der Waals surface area contributed by atoms with Crippen LogP contribution in [0.1, 0.15) is 68.7 Å². The molecule has 4 aromatic carbocycles. The number of esters is 1. The number of hydrogen-bond donors (Lipinski definition) is 0. The molecule has 0 aliphatic heterocycles. The van der Waals surface area contributed by atoms with Crippen molar-refractivity contribution >= 4 is 5.97 Å². The van der Waals surface area contributed by atoms with Crippen molar-refractivity contribution in [1.82, 2.24) is 0 Å². The average molecular weight is 515 g/mol. The molecule has 0 heterocycles. The molecule has 0 N–H and O–H groups in total. The molecule has 6 rings (SSSR count). The van der Waals surface area contributed by atoms with Crippen molar-refractivity contribution in [1.29, 1.82) is 0 Å². The van der Waals surface area contributed by atoms with Gasteiger partial charge in [-0.15, -0.1) is 0 Å². The fourth-order valence-corrected chi connectivity index (χ4v) is 7.94. The zero-order valence-electron chi connectivity index (χ0n) is 23.5. The van der Waals surface area contributed by atoms with E-state index in [2.05, 4.69) is 111 Å². The lowest BCUT2D eigenvalue weighted by molar-refractivity contribution is -0.145. The van der Waals surface area contributed by atoms with Gasteiger partial charge in [0.05, 0.1) is 13.0 Å². The number of rotatable bonds is 8. The Hall–Kier alpha value is -3.65. The van der Waals surface area contributed by atoms with Gasteiger partial charge in [-0.05, 0) is 76.1 Å². The highest BCUT2D eigenvalue weighted by Gasteiger charge is 2.49. The maximum absolute atomic E-state index is 12.8. The summed E-state index contributed by atoms with van der Waals surface area (Å²) in [6.07, 6.45) is 3.79. The van der Waals surface area contributed by atoms with E-state index in [0.29, 0.717) is 5.92 Å². The van der Waals surface area contributed by atoms with E-state index in [1.54, 1.807) is 0 Å². The molecule has 0 spiro atoms. The summed E-state index contributed by atoms with van der Waals surface area (Å²) in [6.45, 7) is 6.72. The zero-order chi connectivity index (χ0) is 27.2. The first-order valence-corrected chi connectivity index (χ1v) is 14.4. The average Bonchev–Trinajstić information content (AvgIpc) is 3.40. The maximum Gasteiger partial charge on any atom is 0.308 e. The highest BCUT2D eigenvalue weighted by atomic mass is 16.5.